The molecule has 2 aliphatic carbocycles. The molecule has 0 saturated heterocycles. The third-order valence-electron chi connectivity index (χ3n) is 11.4. The van der Waals surface area contributed by atoms with Gasteiger partial charge in [-0.1, -0.05) is 164 Å². The summed E-state index contributed by atoms with van der Waals surface area (Å²) in [5.74, 6) is 0.692. The Bertz CT molecular complexity index is 2870. The van der Waals surface area contributed by atoms with E-state index in [9.17, 15) is 0 Å². The smallest absolute Gasteiger partial charge is 0.160 e. The number of hydrogen-bond acceptors (Lipinski definition) is 3. The van der Waals surface area contributed by atoms with Crippen molar-refractivity contribution in [2.75, 3.05) is 0 Å². The third kappa shape index (κ3) is 4.87. The van der Waals surface area contributed by atoms with Crippen molar-refractivity contribution in [3.8, 4) is 78.4 Å². The second kappa shape index (κ2) is 12.4. The van der Waals surface area contributed by atoms with E-state index in [2.05, 4.69) is 181 Å². The summed E-state index contributed by atoms with van der Waals surface area (Å²) in [6.07, 6.45) is 3.70. The highest BCUT2D eigenvalue weighted by atomic mass is 14.9. The fourth-order valence-corrected chi connectivity index (χ4v) is 8.97. The van der Waals surface area contributed by atoms with Crippen LogP contribution in [-0.4, -0.2) is 15.0 Å². The minimum absolute atomic E-state index is 0.381. The molecule has 3 heteroatoms. The number of nitrogens with zero attached hydrogens (tertiary/aromatic N) is 3. The van der Waals surface area contributed by atoms with Gasteiger partial charge in [0, 0.05) is 29.1 Å². The van der Waals surface area contributed by atoms with Crippen LogP contribution in [0.4, 0.5) is 0 Å². The van der Waals surface area contributed by atoms with E-state index in [0.717, 1.165) is 50.3 Å². The molecule has 1 spiro atoms. The van der Waals surface area contributed by atoms with Gasteiger partial charge in [0.1, 0.15) is 0 Å². The lowest BCUT2D eigenvalue weighted by Crippen LogP contribution is -2.25. The van der Waals surface area contributed by atoms with Crippen molar-refractivity contribution >= 4 is 0 Å². The first-order chi connectivity index (χ1) is 27.3. The van der Waals surface area contributed by atoms with Gasteiger partial charge in [0.05, 0.1) is 16.8 Å². The monoisotopic (exact) mass is 699 g/mol. The average molecular weight is 700 g/mol. The summed E-state index contributed by atoms with van der Waals surface area (Å²) in [6.45, 7) is 0. The highest BCUT2D eigenvalue weighted by Crippen LogP contribution is 2.62. The fraction of sp³-hybridized carbons (Fsp3) is 0.0192. The maximum atomic E-state index is 5.32. The lowest BCUT2D eigenvalue weighted by molar-refractivity contribution is 0.794. The molecule has 0 unspecified atom stereocenters. The van der Waals surface area contributed by atoms with Crippen LogP contribution in [0.25, 0.3) is 78.4 Å². The van der Waals surface area contributed by atoms with Crippen LogP contribution in [0, 0.1) is 0 Å². The standard InChI is InChI=1S/C52H33N3/c1-2-12-34(13-3-1)37-14-10-15-39(30-37)51-54-49(36-25-23-35(24-26-36)40-16-11-29-53-33-40)32-50(55-51)38-27-28-48-44(31-38)43-19-6-9-22-47(43)52(48)45-20-7-4-17-41(45)42-18-5-8-21-46(42)52/h1-33H. The van der Waals surface area contributed by atoms with Crippen molar-refractivity contribution < 1.29 is 0 Å². The van der Waals surface area contributed by atoms with Gasteiger partial charge in [-0.3, -0.25) is 4.98 Å². The number of hydrogen-bond donors (Lipinski definition) is 0. The molecule has 0 saturated carbocycles. The van der Waals surface area contributed by atoms with Crippen LogP contribution in [0.1, 0.15) is 22.3 Å². The second-order valence-electron chi connectivity index (χ2n) is 14.4. The number of fused-ring (bicyclic) bond motifs is 10. The zero-order valence-corrected chi connectivity index (χ0v) is 29.9. The summed E-state index contributed by atoms with van der Waals surface area (Å²) >= 11 is 0. The molecule has 2 heterocycles. The first-order valence-corrected chi connectivity index (χ1v) is 18.8. The van der Waals surface area contributed by atoms with Gasteiger partial charge < -0.3 is 0 Å². The highest BCUT2D eigenvalue weighted by molar-refractivity contribution is 5.96. The Kier molecular flexibility index (Phi) is 7.08. The Morgan fingerprint density at radius 3 is 1.49 bits per heavy atom. The molecule has 0 aliphatic heterocycles. The first-order valence-electron chi connectivity index (χ1n) is 18.8. The van der Waals surface area contributed by atoms with Gasteiger partial charge in [0.15, 0.2) is 5.82 Å². The molecule has 256 valence electrons. The first kappa shape index (κ1) is 31.3. The molecule has 0 radical (unpaired) electrons. The Morgan fingerprint density at radius 1 is 0.309 bits per heavy atom. The second-order valence-corrected chi connectivity index (χ2v) is 14.4. The summed E-state index contributed by atoms with van der Waals surface area (Å²) in [7, 11) is 0. The largest absolute Gasteiger partial charge is 0.264 e. The van der Waals surface area contributed by atoms with Gasteiger partial charge in [0.2, 0.25) is 0 Å². The zero-order chi connectivity index (χ0) is 36.3. The Morgan fingerprint density at radius 2 is 0.818 bits per heavy atom. The molecular weight excluding hydrogens is 667 g/mol. The Hall–Kier alpha value is -7.23. The molecule has 11 rings (SSSR count). The molecule has 2 aliphatic rings. The van der Waals surface area contributed by atoms with E-state index in [4.69, 9.17) is 9.97 Å². The molecule has 0 fully saturated rings. The highest BCUT2D eigenvalue weighted by Gasteiger charge is 2.51. The molecule has 9 aromatic rings. The maximum absolute atomic E-state index is 5.32. The van der Waals surface area contributed by atoms with E-state index >= 15 is 0 Å². The lowest BCUT2D eigenvalue weighted by atomic mass is 9.70. The molecule has 0 N–H and O–H groups in total. The van der Waals surface area contributed by atoms with Crippen molar-refractivity contribution in [3.05, 3.63) is 223 Å². The normalized spacial score (nSPS) is 12.9. The fourth-order valence-electron chi connectivity index (χ4n) is 8.97. The SMILES string of the molecule is c1ccc(-c2cccc(-c3nc(-c4ccc(-c5cccnc5)cc4)cc(-c4ccc5c(c4)-c4ccccc4C54c5ccccc5-c5ccccc54)n3)c2)cc1. The van der Waals surface area contributed by atoms with Crippen molar-refractivity contribution in [3.63, 3.8) is 0 Å². The van der Waals surface area contributed by atoms with Crippen LogP contribution in [0.15, 0.2) is 200 Å². The van der Waals surface area contributed by atoms with Crippen LogP contribution >= 0.6 is 0 Å². The quantitative estimate of drug-likeness (QED) is 0.179. The van der Waals surface area contributed by atoms with Crippen molar-refractivity contribution in [2.24, 2.45) is 0 Å². The lowest BCUT2D eigenvalue weighted by Gasteiger charge is -2.30. The molecule has 0 atom stereocenters. The van der Waals surface area contributed by atoms with E-state index in [-0.39, 0.29) is 5.41 Å². The molecule has 55 heavy (non-hydrogen) atoms. The third-order valence-corrected chi connectivity index (χ3v) is 11.4. The van der Waals surface area contributed by atoms with Crippen molar-refractivity contribution in [1.29, 1.82) is 0 Å². The molecule has 0 amide bonds. The predicted octanol–water partition coefficient (Wildman–Crippen LogP) is 12.6. The van der Waals surface area contributed by atoms with Gasteiger partial charge in [-0.2, -0.15) is 0 Å². The van der Waals surface area contributed by atoms with Crippen molar-refractivity contribution in [1.82, 2.24) is 15.0 Å². The Labute approximate surface area is 320 Å². The van der Waals surface area contributed by atoms with E-state index in [1.54, 1.807) is 6.20 Å². The molecule has 3 nitrogen and oxygen atoms in total. The number of benzene rings is 7. The number of pyridine rings is 1. The van der Waals surface area contributed by atoms with Crippen LogP contribution < -0.4 is 0 Å². The van der Waals surface area contributed by atoms with Gasteiger partial charge in [-0.15, -0.1) is 0 Å². The van der Waals surface area contributed by atoms with Crippen LogP contribution in [0.2, 0.25) is 0 Å². The minimum atomic E-state index is -0.381. The Balaban J connectivity index is 1.10. The van der Waals surface area contributed by atoms with Gasteiger partial charge >= 0.3 is 0 Å². The molecule has 2 aromatic heterocycles. The van der Waals surface area contributed by atoms with Crippen molar-refractivity contribution in [2.45, 2.75) is 5.41 Å². The predicted molar refractivity (Wildman–Crippen MR) is 223 cm³/mol. The van der Waals surface area contributed by atoms with E-state index in [0.29, 0.717) is 5.82 Å². The summed E-state index contributed by atoms with van der Waals surface area (Å²) in [6, 6.07) is 67.6. The average Bonchev–Trinajstić information content (AvgIpc) is 3.74. The topological polar surface area (TPSA) is 38.7 Å². The summed E-state index contributed by atoms with van der Waals surface area (Å²) < 4.78 is 0. The van der Waals surface area contributed by atoms with Gasteiger partial charge in [-0.25, -0.2) is 9.97 Å². The zero-order valence-electron chi connectivity index (χ0n) is 29.9. The molecular formula is C52H33N3. The minimum Gasteiger partial charge on any atom is -0.264 e. The summed E-state index contributed by atoms with van der Waals surface area (Å²) in [5.41, 5.74) is 19.4. The number of rotatable bonds is 5. The van der Waals surface area contributed by atoms with E-state index in [1.807, 2.05) is 18.3 Å². The number of aromatic nitrogens is 3. The van der Waals surface area contributed by atoms with E-state index < -0.39 is 0 Å². The van der Waals surface area contributed by atoms with Gasteiger partial charge in [-0.05, 0) is 91.0 Å². The summed E-state index contributed by atoms with van der Waals surface area (Å²) in [4.78, 5) is 14.9. The van der Waals surface area contributed by atoms with Crippen LogP contribution in [0.5, 0.6) is 0 Å². The van der Waals surface area contributed by atoms with Crippen LogP contribution in [-0.2, 0) is 5.41 Å². The van der Waals surface area contributed by atoms with Gasteiger partial charge in [0.25, 0.3) is 0 Å². The maximum Gasteiger partial charge on any atom is 0.160 e. The molecule has 0 bridgehead atoms. The molecule has 7 aromatic carbocycles. The van der Waals surface area contributed by atoms with E-state index in [1.165, 1.54) is 44.5 Å². The summed E-state index contributed by atoms with van der Waals surface area (Å²) in [5, 5.41) is 0. The van der Waals surface area contributed by atoms with Crippen LogP contribution in [0.3, 0.4) is 0 Å².